The van der Waals surface area contributed by atoms with E-state index in [9.17, 15) is 8.42 Å². The van der Waals surface area contributed by atoms with Gasteiger partial charge in [-0.3, -0.25) is 0 Å². The SMILES string of the molecule is N#Cc1ncccc1S(=O)(=O)NCCc1cscn1. The van der Waals surface area contributed by atoms with E-state index in [2.05, 4.69) is 14.7 Å². The van der Waals surface area contributed by atoms with Gasteiger partial charge in [-0.1, -0.05) is 0 Å². The number of nitrogens with zero attached hydrogens (tertiary/aromatic N) is 3. The highest BCUT2D eigenvalue weighted by Crippen LogP contribution is 2.11. The summed E-state index contributed by atoms with van der Waals surface area (Å²) >= 11 is 1.46. The quantitative estimate of drug-likeness (QED) is 0.885. The summed E-state index contributed by atoms with van der Waals surface area (Å²) in [6, 6.07) is 4.60. The minimum Gasteiger partial charge on any atom is -0.250 e. The lowest BCUT2D eigenvalue weighted by Crippen LogP contribution is -2.27. The van der Waals surface area contributed by atoms with Crippen LogP contribution >= 0.6 is 11.3 Å². The summed E-state index contributed by atoms with van der Waals surface area (Å²) in [6.45, 7) is 0.228. The Morgan fingerprint density at radius 3 is 2.95 bits per heavy atom. The highest BCUT2D eigenvalue weighted by Gasteiger charge is 2.18. The van der Waals surface area contributed by atoms with Gasteiger partial charge in [-0.2, -0.15) is 5.26 Å². The third-order valence-electron chi connectivity index (χ3n) is 2.32. The molecular weight excluding hydrogens is 284 g/mol. The Labute approximate surface area is 114 Å². The molecule has 6 nitrogen and oxygen atoms in total. The molecule has 0 amide bonds. The lowest BCUT2D eigenvalue weighted by atomic mass is 10.3. The standard InChI is InChI=1S/C11H10N4O2S2/c12-6-10-11(2-1-4-13-10)19(16,17)15-5-3-9-7-18-8-14-9/h1-2,4,7-8,15H,3,5H2. The molecule has 0 saturated heterocycles. The molecule has 0 aromatic carbocycles. The van der Waals surface area contributed by atoms with Crippen LogP contribution in [-0.4, -0.2) is 24.9 Å². The lowest BCUT2D eigenvalue weighted by molar-refractivity contribution is 0.580. The molecule has 0 radical (unpaired) electrons. The van der Waals surface area contributed by atoms with Gasteiger partial charge in [0.05, 0.1) is 11.2 Å². The Balaban J connectivity index is 2.08. The van der Waals surface area contributed by atoms with E-state index in [4.69, 9.17) is 5.26 Å². The summed E-state index contributed by atoms with van der Waals surface area (Å²) in [5, 5.41) is 10.7. The average Bonchev–Trinajstić information content (AvgIpc) is 2.91. The average molecular weight is 294 g/mol. The summed E-state index contributed by atoms with van der Waals surface area (Å²) in [5.74, 6) is 0. The number of rotatable bonds is 5. The van der Waals surface area contributed by atoms with Gasteiger partial charge in [0.2, 0.25) is 10.0 Å². The number of pyridine rings is 1. The molecule has 1 N–H and O–H groups in total. The van der Waals surface area contributed by atoms with E-state index < -0.39 is 10.0 Å². The number of hydrogen-bond donors (Lipinski definition) is 1. The predicted octanol–water partition coefficient (Wildman–Crippen LogP) is 0.931. The normalized spacial score (nSPS) is 11.1. The van der Waals surface area contributed by atoms with Gasteiger partial charge in [-0.25, -0.2) is 23.1 Å². The Morgan fingerprint density at radius 2 is 2.26 bits per heavy atom. The molecule has 98 valence electrons. The van der Waals surface area contributed by atoms with Crippen molar-refractivity contribution in [3.05, 3.63) is 40.6 Å². The first kappa shape index (κ1) is 13.6. The minimum atomic E-state index is -3.72. The van der Waals surface area contributed by atoms with Crippen LogP contribution < -0.4 is 4.72 Å². The maximum Gasteiger partial charge on any atom is 0.243 e. The van der Waals surface area contributed by atoms with Gasteiger partial charge in [-0.15, -0.1) is 11.3 Å². The van der Waals surface area contributed by atoms with E-state index in [0.717, 1.165) is 5.69 Å². The van der Waals surface area contributed by atoms with Gasteiger partial charge < -0.3 is 0 Å². The molecule has 0 saturated carbocycles. The van der Waals surface area contributed by atoms with E-state index in [1.54, 1.807) is 11.6 Å². The zero-order valence-corrected chi connectivity index (χ0v) is 11.4. The first-order chi connectivity index (χ1) is 9.13. The topological polar surface area (TPSA) is 95.7 Å². The molecule has 0 bridgehead atoms. The van der Waals surface area contributed by atoms with Crippen molar-refractivity contribution >= 4 is 21.4 Å². The van der Waals surface area contributed by atoms with Crippen LogP contribution in [0.4, 0.5) is 0 Å². The van der Waals surface area contributed by atoms with E-state index in [0.29, 0.717) is 6.42 Å². The van der Waals surface area contributed by atoms with Crippen LogP contribution in [0.2, 0.25) is 0 Å². The summed E-state index contributed by atoms with van der Waals surface area (Å²) < 4.78 is 26.5. The number of sulfonamides is 1. The zero-order valence-electron chi connectivity index (χ0n) is 9.78. The molecule has 8 heteroatoms. The van der Waals surface area contributed by atoms with Gasteiger partial charge in [0.25, 0.3) is 0 Å². The van der Waals surface area contributed by atoms with Crippen LogP contribution in [0, 0.1) is 11.3 Å². The van der Waals surface area contributed by atoms with Crippen LogP contribution in [-0.2, 0) is 16.4 Å². The van der Waals surface area contributed by atoms with Crippen LogP contribution in [0.25, 0.3) is 0 Å². The van der Waals surface area contributed by atoms with Gasteiger partial charge in [-0.05, 0) is 12.1 Å². The third-order valence-corrected chi connectivity index (χ3v) is 4.45. The fourth-order valence-corrected chi connectivity index (χ4v) is 3.17. The molecule has 0 unspecified atom stereocenters. The molecular formula is C11H10N4O2S2. The van der Waals surface area contributed by atoms with E-state index in [1.165, 1.54) is 29.7 Å². The second kappa shape index (κ2) is 5.88. The first-order valence-corrected chi connectivity index (χ1v) is 7.78. The zero-order chi connectivity index (χ0) is 13.7. The van der Waals surface area contributed by atoms with Crippen LogP contribution in [0.5, 0.6) is 0 Å². The number of nitriles is 1. The second-order valence-electron chi connectivity index (χ2n) is 3.59. The van der Waals surface area contributed by atoms with Crippen molar-refractivity contribution in [3.63, 3.8) is 0 Å². The summed E-state index contributed by atoms with van der Waals surface area (Å²) in [5.41, 5.74) is 2.42. The molecule has 19 heavy (non-hydrogen) atoms. The molecule has 2 aromatic heterocycles. The van der Waals surface area contributed by atoms with Gasteiger partial charge in [0.15, 0.2) is 5.69 Å². The Hall–Kier alpha value is -1.82. The largest absolute Gasteiger partial charge is 0.250 e. The van der Waals surface area contributed by atoms with E-state index in [1.807, 2.05) is 5.38 Å². The fourth-order valence-electron chi connectivity index (χ4n) is 1.44. The summed E-state index contributed by atoms with van der Waals surface area (Å²) in [4.78, 5) is 7.69. The van der Waals surface area contributed by atoms with Crippen LogP contribution in [0.15, 0.2) is 34.1 Å². The molecule has 0 aliphatic rings. The third kappa shape index (κ3) is 3.35. The molecule has 0 spiro atoms. The first-order valence-electron chi connectivity index (χ1n) is 5.35. The molecule has 0 aliphatic carbocycles. The molecule has 0 aliphatic heterocycles. The molecule has 0 atom stereocenters. The maximum absolute atomic E-state index is 12.0. The van der Waals surface area contributed by atoms with Crippen LogP contribution in [0.1, 0.15) is 11.4 Å². The number of nitrogens with one attached hydrogen (secondary N) is 1. The lowest BCUT2D eigenvalue weighted by Gasteiger charge is -2.06. The van der Waals surface area contributed by atoms with Crippen molar-refractivity contribution in [2.75, 3.05) is 6.54 Å². The molecule has 0 fully saturated rings. The van der Waals surface area contributed by atoms with Gasteiger partial charge >= 0.3 is 0 Å². The Morgan fingerprint density at radius 1 is 1.42 bits per heavy atom. The highest BCUT2D eigenvalue weighted by molar-refractivity contribution is 7.89. The smallest absolute Gasteiger partial charge is 0.243 e. The summed E-state index contributed by atoms with van der Waals surface area (Å²) in [6.07, 6.45) is 1.89. The number of hydrogen-bond acceptors (Lipinski definition) is 6. The number of thiazole rings is 1. The van der Waals surface area contributed by atoms with E-state index in [-0.39, 0.29) is 17.1 Å². The maximum atomic E-state index is 12.0. The van der Waals surface area contributed by atoms with Gasteiger partial charge in [0.1, 0.15) is 11.0 Å². The number of aromatic nitrogens is 2. The van der Waals surface area contributed by atoms with Crippen molar-refractivity contribution in [1.82, 2.24) is 14.7 Å². The molecule has 2 rings (SSSR count). The van der Waals surface area contributed by atoms with Gasteiger partial charge in [0, 0.05) is 24.5 Å². The van der Waals surface area contributed by atoms with Crippen molar-refractivity contribution < 1.29 is 8.42 Å². The summed E-state index contributed by atoms with van der Waals surface area (Å²) in [7, 11) is -3.72. The van der Waals surface area contributed by atoms with Crippen molar-refractivity contribution in [3.8, 4) is 6.07 Å². The van der Waals surface area contributed by atoms with Crippen molar-refractivity contribution in [1.29, 1.82) is 5.26 Å². The molecule has 2 heterocycles. The minimum absolute atomic E-state index is 0.101. The Kier molecular flexibility index (Phi) is 4.21. The monoisotopic (exact) mass is 294 g/mol. The van der Waals surface area contributed by atoms with Crippen LogP contribution in [0.3, 0.4) is 0 Å². The van der Waals surface area contributed by atoms with E-state index >= 15 is 0 Å². The van der Waals surface area contributed by atoms with Crippen molar-refractivity contribution in [2.24, 2.45) is 0 Å². The predicted molar refractivity (Wildman–Crippen MR) is 70.0 cm³/mol. The second-order valence-corrected chi connectivity index (χ2v) is 6.04. The Bertz CT molecular complexity index is 690. The molecule has 2 aromatic rings. The fraction of sp³-hybridized carbons (Fsp3) is 0.182. The van der Waals surface area contributed by atoms with Crippen molar-refractivity contribution in [2.45, 2.75) is 11.3 Å². The highest BCUT2D eigenvalue weighted by atomic mass is 32.2.